The van der Waals surface area contributed by atoms with E-state index < -0.39 is 23.1 Å². The average molecular weight is 226 g/mol. The van der Waals surface area contributed by atoms with Crippen LogP contribution in [0.25, 0.3) is 0 Å². The smallest absolute Gasteiger partial charge is 0.185 e. The van der Waals surface area contributed by atoms with Crippen LogP contribution in [0.4, 0.5) is 18.9 Å². The first kappa shape index (κ1) is 8.39. The van der Waals surface area contributed by atoms with Crippen molar-refractivity contribution in [2.45, 2.75) is 0 Å². The minimum atomic E-state index is -1.23. The van der Waals surface area contributed by atoms with E-state index >= 15 is 0 Å². The monoisotopic (exact) mass is 225 g/mol. The van der Waals surface area contributed by atoms with E-state index in [2.05, 4.69) is 16.1 Å². The SMILES string of the molecule is Fc1ccc(F)c(NBr)c1F. The maximum atomic E-state index is 12.6. The van der Waals surface area contributed by atoms with E-state index in [0.29, 0.717) is 0 Å². The fourth-order valence-electron chi connectivity index (χ4n) is 0.614. The molecular formula is C6H3BrF3N. The second kappa shape index (κ2) is 3.13. The van der Waals surface area contributed by atoms with E-state index in [1.54, 1.807) is 0 Å². The molecule has 11 heavy (non-hydrogen) atoms. The van der Waals surface area contributed by atoms with E-state index in [1.807, 2.05) is 4.34 Å². The summed E-state index contributed by atoms with van der Waals surface area (Å²) in [5.41, 5.74) is -0.523. The maximum Gasteiger partial charge on any atom is 0.185 e. The van der Waals surface area contributed by atoms with Gasteiger partial charge in [-0.05, 0) is 12.1 Å². The molecular weight excluding hydrogens is 223 g/mol. The van der Waals surface area contributed by atoms with Gasteiger partial charge in [-0.3, -0.25) is 0 Å². The highest BCUT2D eigenvalue weighted by molar-refractivity contribution is 9.10. The molecule has 1 nitrogen and oxygen atoms in total. The van der Waals surface area contributed by atoms with Gasteiger partial charge in [0.05, 0.1) is 0 Å². The minimum absolute atomic E-state index is 0.523. The van der Waals surface area contributed by atoms with Crippen molar-refractivity contribution in [2.24, 2.45) is 0 Å². The summed E-state index contributed by atoms with van der Waals surface area (Å²) in [4.78, 5) is 0. The molecule has 1 aromatic carbocycles. The van der Waals surface area contributed by atoms with Gasteiger partial charge < -0.3 is 4.34 Å². The number of nitrogens with one attached hydrogen (secondary N) is 1. The fourth-order valence-corrected chi connectivity index (χ4v) is 0.977. The Bertz CT molecular complexity index is 277. The zero-order chi connectivity index (χ0) is 8.43. The van der Waals surface area contributed by atoms with Gasteiger partial charge >= 0.3 is 0 Å². The molecule has 0 atom stereocenters. The number of rotatable bonds is 1. The zero-order valence-corrected chi connectivity index (χ0v) is 6.75. The van der Waals surface area contributed by atoms with Crippen LogP contribution in [0.2, 0.25) is 0 Å². The molecule has 0 amide bonds. The number of anilines is 1. The predicted octanol–water partition coefficient (Wildman–Crippen LogP) is 2.83. The first-order chi connectivity index (χ1) is 5.16. The van der Waals surface area contributed by atoms with E-state index in [1.165, 1.54) is 0 Å². The largest absolute Gasteiger partial charge is 0.317 e. The van der Waals surface area contributed by atoms with Crippen molar-refractivity contribution >= 4 is 21.8 Å². The highest BCUT2D eigenvalue weighted by atomic mass is 79.9. The summed E-state index contributed by atoms with van der Waals surface area (Å²) in [5.74, 6) is -3.17. The molecule has 0 aliphatic rings. The van der Waals surface area contributed by atoms with E-state index in [4.69, 9.17) is 0 Å². The van der Waals surface area contributed by atoms with Crippen LogP contribution >= 0.6 is 16.1 Å². The lowest BCUT2D eigenvalue weighted by molar-refractivity contribution is 0.500. The third-order valence-electron chi connectivity index (χ3n) is 1.14. The van der Waals surface area contributed by atoms with Gasteiger partial charge in [0.1, 0.15) is 11.5 Å². The molecule has 1 rings (SSSR count). The zero-order valence-electron chi connectivity index (χ0n) is 5.17. The topological polar surface area (TPSA) is 12.0 Å². The Hall–Kier alpha value is -0.710. The standard InChI is InChI=1S/C6H3BrF3N/c7-11-6-4(9)2-1-3(8)5(6)10/h1-2,11H. The highest BCUT2D eigenvalue weighted by Crippen LogP contribution is 2.21. The first-order valence-electron chi connectivity index (χ1n) is 2.67. The molecule has 0 fully saturated rings. The molecule has 0 aliphatic carbocycles. The van der Waals surface area contributed by atoms with Crippen molar-refractivity contribution in [3.63, 3.8) is 0 Å². The van der Waals surface area contributed by atoms with E-state index in [9.17, 15) is 13.2 Å². The van der Waals surface area contributed by atoms with Crippen LogP contribution in [-0.2, 0) is 0 Å². The molecule has 5 heteroatoms. The van der Waals surface area contributed by atoms with Crippen molar-refractivity contribution in [3.05, 3.63) is 29.6 Å². The minimum Gasteiger partial charge on any atom is -0.317 e. The third-order valence-corrected chi connectivity index (χ3v) is 1.53. The molecule has 0 aliphatic heterocycles. The van der Waals surface area contributed by atoms with Crippen molar-refractivity contribution in [3.8, 4) is 0 Å². The summed E-state index contributed by atoms with van der Waals surface area (Å²) >= 11 is 2.60. The average Bonchev–Trinajstić information content (AvgIpc) is 1.99. The molecule has 0 heterocycles. The lowest BCUT2D eigenvalue weighted by Crippen LogP contribution is -1.94. The number of halogens is 4. The fraction of sp³-hybridized carbons (Fsp3) is 0. The quantitative estimate of drug-likeness (QED) is 0.573. The summed E-state index contributed by atoms with van der Waals surface area (Å²) in [6.45, 7) is 0. The molecule has 0 aromatic heterocycles. The van der Waals surface area contributed by atoms with Gasteiger partial charge in [0, 0.05) is 16.1 Å². The van der Waals surface area contributed by atoms with Gasteiger partial charge in [0.15, 0.2) is 11.6 Å². The maximum absolute atomic E-state index is 12.6. The van der Waals surface area contributed by atoms with Crippen LogP contribution in [0, 0.1) is 17.5 Å². The van der Waals surface area contributed by atoms with Gasteiger partial charge in [-0.25, -0.2) is 13.2 Å². The summed E-state index contributed by atoms with van der Waals surface area (Å²) < 4.78 is 39.5. The number of hydrogen-bond donors (Lipinski definition) is 1. The molecule has 1 aromatic rings. The Morgan fingerprint density at radius 2 is 1.64 bits per heavy atom. The Morgan fingerprint density at radius 1 is 1.09 bits per heavy atom. The second-order valence-corrected chi connectivity index (χ2v) is 2.21. The molecule has 0 saturated carbocycles. The lowest BCUT2D eigenvalue weighted by atomic mass is 10.3. The summed E-state index contributed by atoms with van der Waals surface area (Å²) in [6.07, 6.45) is 0. The van der Waals surface area contributed by atoms with Crippen LogP contribution in [-0.4, -0.2) is 0 Å². The predicted molar refractivity (Wildman–Crippen MR) is 38.9 cm³/mol. The van der Waals surface area contributed by atoms with Crippen LogP contribution in [0.15, 0.2) is 12.1 Å². The normalized spacial score (nSPS) is 9.82. The Balaban J connectivity index is 3.29. The number of hydrogen-bond acceptors (Lipinski definition) is 1. The highest BCUT2D eigenvalue weighted by Gasteiger charge is 2.11. The van der Waals surface area contributed by atoms with Gasteiger partial charge in [0.25, 0.3) is 0 Å². The van der Waals surface area contributed by atoms with Crippen molar-refractivity contribution in [1.29, 1.82) is 0 Å². The van der Waals surface area contributed by atoms with Gasteiger partial charge in [0.2, 0.25) is 0 Å². The van der Waals surface area contributed by atoms with Crippen LogP contribution in [0.5, 0.6) is 0 Å². The van der Waals surface area contributed by atoms with Gasteiger partial charge in [-0.15, -0.1) is 0 Å². The van der Waals surface area contributed by atoms with E-state index in [0.717, 1.165) is 12.1 Å². The molecule has 0 radical (unpaired) electrons. The Labute approximate surface area is 69.6 Å². The van der Waals surface area contributed by atoms with Crippen LogP contribution < -0.4 is 4.34 Å². The molecule has 0 bridgehead atoms. The Kier molecular flexibility index (Phi) is 2.38. The molecule has 0 spiro atoms. The molecule has 1 N–H and O–H groups in total. The first-order valence-corrected chi connectivity index (χ1v) is 3.46. The van der Waals surface area contributed by atoms with Crippen LogP contribution in [0.1, 0.15) is 0 Å². The van der Waals surface area contributed by atoms with Gasteiger partial charge in [-0.2, -0.15) is 0 Å². The summed E-state index contributed by atoms with van der Waals surface area (Å²) in [5, 5.41) is 0. The molecule has 0 unspecified atom stereocenters. The van der Waals surface area contributed by atoms with Gasteiger partial charge in [-0.1, -0.05) is 0 Å². The van der Waals surface area contributed by atoms with Crippen molar-refractivity contribution in [1.82, 2.24) is 0 Å². The number of benzene rings is 1. The molecule has 60 valence electrons. The Morgan fingerprint density at radius 3 is 2.09 bits per heavy atom. The summed E-state index contributed by atoms with van der Waals surface area (Å²) in [6, 6.07) is 1.56. The lowest BCUT2D eigenvalue weighted by Gasteiger charge is -2.01. The third kappa shape index (κ3) is 1.48. The van der Waals surface area contributed by atoms with Crippen LogP contribution in [0.3, 0.4) is 0 Å². The second-order valence-electron chi connectivity index (χ2n) is 1.81. The van der Waals surface area contributed by atoms with Crippen molar-refractivity contribution < 1.29 is 13.2 Å². The van der Waals surface area contributed by atoms with E-state index in [-0.39, 0.29) is 0 Å². The summed E-state index contributed by atoms with van der Waals surface area (Å²) in [7, 11) is 0. The van der Waals surface area contributed by atoms with Crippen molar-refractivity contribution in [2.75, 3.05) is 4.34 Å². The molecule has 0 saturated heterocycles.